The van der Waals surface area contributed by atoms with Crippen LogP contribution < -0.4 is 11.3 Å². The molecule has 25 heavy (non-hydrogen) atoms. The van der Waals surface area contributed by atoms with Crippen LogP contribution in [0.4, 0.5) is 0 Å². The summed E-state index contributed by atoms with van der Waals surface area (Å²) >= 11 is 3.58. The van der Waals surface area contributed by atoms with Crippen LogP contribution in [0.15, 0.2) is 51.7 Å². The molecule has 4 heteroatoms. The number of aryl methyl sites for hydroxylation is 2. The summed E-state index contributed by atoms with van der Waals surface area (Å²) in [5.74, 6) is 0.259. The van der Waals surface area contributed by atoms with Crippen LogP contribution in [0.3, 0.4) is 0 Å². The van der Waals surface area contributed by atoms with Gasteiger partial charge in [0.1, 0.15) is 0 Å². The molecular weight excluding hydrogens is 376 g/mol. The Morgan fingerprint density at radius 2 is 2.00 bits per heavy atom. The average Bonchev–Trinajstić information content (AvgIpc) is 2.99. The van der Waals surface area contributed by atoms with E-state index in [4.69, 9.17) is 5.73 Å². The number of aromatic nitrogens is 1. The molecule has 0 radical (unpaired) electrons. The van der Waals surface area contributed by atoms with E-state index in [1.165, 1.54) is 11.1 Å². The lowest BCUT2D eigenvalue weighted by Crippen LogP contribution is -2.39. The third-order valence-electron chi connectivity index (χ3n) is 5.56. The maximum absolute atomic E-state index is 12.0. The number of H-pyrrole nitrogens is 1. The van der Waals surface area contributed by atoms with E-state index < -0.39 is 5.54 Å². The van der Waals surface area contributed by atoms with Crippen molar-refractivity contribution in [3.8, 4) is 0 Å². The summed E-state index contributed by atoms with van der Waals surface area (Å²) in [5, 5.41) is 1.03. The average molecular weight is 397 g/mol. The van der Waals surface area contributed by atoms with Crippen molar-refractivity contribution in [2.75, 3.05) is 0 Å². The molecule has 0 spiro atoms. The summed E-state index contributed by atoms with van der Waals surface area (Å²) in [5.41, 5.74) is 11.7. The fraction of sp³-hybridized carbons (Fsp3) is 0.286. The molecule has 0 saturated carbocycles. The number of fused-ring (bicyclic) bond motifs is 2. The van der Waals surface area contributed by atoms with Crippen LogP contribution in [0.5, 0.6) is 0 Å². The second-order valence-electron chi connectivity index (χ2n) is 7.30. The van der Waals surface area contributed by atoms with Gasteiger partial charge in [0.05, 0.1) is 0 Å². The van der Waals surface area contributed by atoms with Crippen LogP contribution in [-0.2, 0) is 12.0 Å². The van der Waals surface area contributed by atoms with Gasteiger partial charge < -0.3 is 10.7 Å². The predicted molar refractivity (Wildman–Crippen MR) is 106 cm³/mol. The third-order valence-corrected chi connectivity index (χ3v) is 6.06. The van der Waals surface area contributed by atoms with Gasteiger partial charge in [0, 0.05) is 27.0 Å². The molecule has 0 aliphatic heterocycles. The molecule has 0 saturated heterocycles. The maximum Gasteiger partial charge on any atom is 0.251 e. The first-order valence-electron chi connectivity index (χ1n) is 8.57. The molecule has 0 amide bonds. The second-order valence-corrected chi connectivity index (χ2v) is 8.22. The Morgan fingerprint density at radius 1 is 1.20 bits per heavy atom. The van der Waals surface area contributed by atoms with Gasteiger partial charge in [-0.05, 0) is 73.0 Å². The Morgan fingerprint density at radius 3 is 2.80 bits per heavy atom. The number of nitrogens with one attached hydrogen (secondary N) is 1. The first-order valence-corrected chi connectivity index (χ1v) is 9.37. The first kappa shape index (κ1) is 16.6. The van der Waals surface area contributed by atoms with Crippen LogP contribution in [0.2, 0.25) is 0 Å². The molecule has 4 rings (SSSR count). The normalized spacial score (nSPS) is 19.0. The van der Waals surface area contributed by atoms with E-state index in [2.05, 4.69) is 58.2 Å². The van der Waals surface area contributed by atoms with Gasteiger partial charge in [0.25, 0.3) is 5.56 Å². The standard InChI is InChI=1S/C21H21BrN2O/c1-12-9-14-3-6-15(10-19(14)24-20(12)25)21(2,23)18-8-5-13-4-7-16(22)11-17(13)18/h3-4,6-7,9-11,18H,5,8,23H2,1-2H3,(H,24,25). The molecule has 1 aliphatic carbocycles. The largest absolute Gasteiger partial charge is 0.322 e. The highest BCUT2D eigenvalue weighted by atomic mass is 79.9. The SMILES string of the molecule is Cc1cc2ccc(C(C)(N)C3CCc4ccc(Br)cc43)cc2[nH]c1=O. The van der Waals surface area contributed by atoms with Crippen LogP contribution in [-0.4, -0.2) is 4.98 Å². The first-order chi connectivity index (χ1) is 11.9. The Kier molecular flexibility index (Phi) is 3.85. The van der Waals surface area contributed by atoms with Crippen molar-refractivity contribution >= 4 is 26.8 Å². The van der Waals surface area contributed by atoms with Crippen LogP contribution >= 0.6 is 15.9 Å². The zero-order valence-corrected chi connectivity index (χ0v) is 16.0. The molecule has 3 aromatic rings. The summed E-state index contributed by atoms with van der Waals surface area (Å²) in [6.07, 6.45) is 2.10. The zero-order valence-electron chi connectivity index (χ0n) is 14.4. The number of rotatable bonds is 2. The van der Waals surface area contributed by atoms with E-state index in [1.54, 1.807) is 0 Å². The van der Waals surface area contributed by atoms with Gasteiger partial charge in [0.15, 0.2) is 0 Å². The Balaban J connectivity index is 1.81. The van der Waals surface area contributed by atoms with Crippen molar-refractivity contribution in [3.05, 3.63) is 79.5 Å². The van der Waals surface area contributed by atoms with E-state index in [1.807, 2.05) is 19.1 Å². The minimum absolute atomic E-state index is 0.0430. The van der Waals surface area contributed by atoms with E-state index in [9.17, 15) is 4.79 Å². The summed E-state index contributed by atoms with van der Waals surface area (Å²) in [6, 6.07) is 14.6. The number of hydrogen-bond donors (Lipinski definition) is 2. The van der Waals surface area contributed by atoms with Crippen molar-refractivity contribution in [2.24, 2.45) is 5.73 Å². The van der Waals surface area contributed by atoms with Crippen molar-refractivity contribution in [1.82, 2.24) is 4.98 Å². The lowest BCUT2D eigenvalue weighted by Gasteiger charge is -2.33. The molecule has 3 N–H and O–H groups in total. The fourth-order valence-corrected chi connectivity index (χ4v) is 4.42. The molecule has 128 valence electrons. The van der Waals surface area contributed by atoms with E-state index in [0.717, 1.165) is 39.3 Å². The van der Waals surface area contributed by atoms with Crippen molar-refractivity contribution < 1.29 is 0 Å². The quantitative estimate of drug-likeness (QED) is 0.669. The summed E-state index contributed by atoms with van der Waals surface area (Å²) < 4.78 is 1.09. The number of pyridine rings is 1. The van der Waals surface area contributed by atoms with Gasteiger partial charge in [-0.25, -0.2) is 0 Å². The van der Waals surface area contributed by atoms with Gasteiger partial charge in [-0.1, -0.05) is 34.1 Å². The fourth-order valence-electron chi connectivity index (χ4n) is 4.04. The Labute approximate surface area is 155 Å². The third kappa shape index (κ3) is 2.74. The number of benzene rings is 2. The zero-order chi connectivity index (χ0) is 17.8. The highest BCUT2D eigenvalue weighted by Crippen LogP contribution is 2.45. The molecule has 2 unspecified atom stereocenters. The number of aromatic amines is 1. The lowest BCUT2D eigenvalue weighted by molar-refractivity contribution is 0.387. The molecule has 2 atom stereocenters. The molecular formula is C21H21BrN2O. The van der Waals surface area contributed by atoms with Crippen LogP contribution in [0.1, 0.15) is 41.5 Å². The van der Waals surface area contributed by atoms with Gasteiger partial charge in [-0.3, -0.25) is 4.79 Å². The van der Waals surface area contributed by atoms with Crippen molar-refractivity contribution in [2.45, 2.75) is 38.1 Å². The van der Waals surface area contributed by atoms with Gasteiger partial charge in [-0.15, -0.1) is 0 Å². The van der Waals surface area contributed by atoms with Crippen molar-refractivity contribution in [1.29, 1.82) is 0 Å². The number of hydrogen-bond acceptors (Lipinski definition) is 2. The molecule has 0 fully saturated rings. The second kappa shape index (κ2) is 5.82. The Bertz CT molecular complexity index is 1040. The van der Waals surface area contributed by atoms with E-state index in [0.29, 0.717) is 0 Å². The van der Waals surface area contributed by atoms with E-state index >= 15 is 0 Å². The van der Waals surface area contributed by atoms with Gasteiger partial charge >= 0.3 is 0 Å². The minimum atomic E-state index is -0.498. The smallest absolute Gasteiger partial charge is 0.251 e. The minimum Gasteiger partial charge on any atom is -0.322 e. The summed E-state index contributed by atoms with van der Waals surface area (Å²) in [7, 11) is 0. The topological polar surface area (TPSA) is 58.9 Å². The highest BCUT2D eigenvalue weighted by Gasteiger charge is 2.37. The van der Waals surface area contributed by atoms with E-state index in [-0.39, 0.29) is 11.5 Å². The molecule has 3 nitrogen and oxygen atoms in total. The van der Waals surface area contributed by atoms with Gasteiger partial charge in [-0.2, -0.15) is 0 Å². The number of nitrogens with two attached hydrogens (primary N) is 1. The molecule has 2 aromatic carbocycles. The lowest BCUT2D eigenvalue weighted by atomic mass is 9.77. The molecule has 1 heterocycles. The van der Waals surface area contributed by atoms with Crippen LogP contribution in [0, 0.1) is 6.92 Å². The highest BCUT2D eigenvalue weighted by molar-refractivity contribution is 9.10. The summed E-state index contributed by atoms with van der Waals surface area (Å²) in [4.78, 5) is 14.9. The van der Waals surface area contributed by atoms with Crippen molar-refractivity contribution in [3.63, 3.8) is 0 Å². The Hall–Kier alpha value is -1.91. The van der Waals surface area contributed by atoms with Crippen LogP contribution in [0.25, 0.3) is 10.9 Å². The van der Waals surface area contributed by atoms with Gasteiger partial charge in [0.2, 0.25) is 0 Å². The molecule has 1 aliphatic rings. The summed E-state index contributed by atoms with van der Waals surface area (Å²) in [6.45, 7) is 3.92. The number of halogens is 1. The maximum atomic E-state index is 12.0. The predicted octanol–water partition coefficient (Wildman–Crippen LogP) is 4.50. The monoisotopic (exact) mass is 396 g/mol. The molecule has 1 aromatic heterocycles. The molecule has 0 bridgehead atoms.